The summed E-state index contributed by atoms with van der Waals surface area (Å²) in [7, 11) is 0. The predicted octanol–water partition coefficient (Wildman–Crippen LogP) is 1.60. The van der Waals surface area contributed by atoms with E-state index < -0.39 is 0 Å². The molecule has 1 heterocycles. The second kappa shape index (κ2) is 4.41. The number of hydrogen-bond acceptors (Lipinski definition) is 3. The zero-order valence-electron chi connectivity index (χ0n) is 7.60. The molecule has 2 N–H and O–H groups in total. The summed E-state index contributed by atoms with van der Waals surface area (Å²) in [4.78, 5) is 17.6. The quantitative estimate of drug-likeness (QED) is 0.851. The molecule has 1 rings (SSSR count). The zero-order chi connectivity index (χ0) is 9.84. The van der Waals surface area contributed by atoms with Crippen molar-refractivity contribution in [3.8, 4) is 0 Å². The van der Waals surface area contributed by atoms with Crippen molar-refractivity contribution in [1.29, 1.82) is 0 Å². The van der Waals surface area contributed by atoms with Gasteiger partial charge < -0.3 is 10.3 Å². The molecule has 5 heteroatoms. The Balaban J connectivity index is 2.77. The van der Waals surface area contributed by atoms with Crippen LogP contribution in [0.1, 0.15) is 13.8 Å². The van der Waals surface area contributed by atoms with Gasteiger partial charge in [0.05, 0.1) is 6.33 Å². The van der Waals surface area contributed by atoms with Gasteiger partial charge in [-0.05, 0) is 21.8 Å². The number of rotatable bonds is 3. The average Bonchev–Trinajstić information content (AvgIpc) is 2.07. The Bertz CT molecular complexity index is 334. The highest BCUT2D eigenvalue weighted by Crippen LogP contribution is 2.13. The molecule has 0 atom stereocenters. The molecular weight excluding hydrogens is 234 g/mol. The van der Waals surface area contributed by atoms with Crippen molar-refractivity contribution in [1.82, 2.24) is 9.97 Å². The van der Waals surface area contributed by atoms with Crippen LogP contribution in [0.2, 0.25) is 0 Å². The molecule has 0 unspecified atom stereocenters. The van der Waals surface area contributed by atoms with Crippen molar-refractivity contribution in [3.05, 3.63) is 21.2 Å². The second-order valence-electron chi connectivity index (χ2n) is 3.17. The van der Waals surface area contributed by atoms with Crippen molar-refractivity contribution in [2.24, 2.45) is 5.92 Å². The summed E-state index contributed by atoms with van der Waals surface area (Å²) >= 11 is 3.16. The van der Waals surface area contributed by atoms with E-state index in [-0.39, 0.29) is 5.56 Å². The van der Waals surface area contributed by atoms with Crippen molar-refractivity contribution in [2.45, 2.75) is 13.8 Å². The van der Waals surface area contributed by atoms with E-state index in [1.54, 1.807) is 0 Å². The van der Waals surface area contributed by atoms with Crippen LogP contribution < -0.4 is 10.9 Å². The summed E-state index contributed by atoms with van der Waals surface area (Å²) in [6, 6.07) is 0. The summed E-state index contributed by atoms with van der Waals surface area (Å²) in [5.41, 5.74) is -0.166. The van der Waals surface area contributed by atoms with E-state index in [4.69, 9.17) is 0 Å². The summed E-state index contributed by atoms with van der Waals surface area (Å²) in [5.74, 6) is 1.12. The van der Waals surface area contributed by atoms with Gasteiger partial charge in [0.1, 0.15) is 10.3 Å². The Morgan fingerprint density at radius 1 is 1.69 bits per heavy atom. The summed E-state index contributed by atoms with van der Waals surface area (Å²) in [6.45, 7) is 4.98. The standard InChI is InChI=1S/C8H12BrN3O/c1-5(2)3-10-7-6(9)8(13)12-4-11-7/h4-5H,3H2,1-2H3,(H2,10,11,12,13). The molecule has 72 valence electrons. The maximum atomic E-state index is 11.1. The van der Waals surface area contributed by atoms with Crippen LogP contribution in [0, 0.1) is 5.92 Å². The van der Waals surface area contributed by atoms with Gasteiger partial charge in [-0.2, -0.15) is 0 Å². The molecule has 0 bridgehead atoms. The van der Waals surface area contributed by atoms with E-state index in [0.29, 0.717) is 16.2 Å². The lowest BCUT2D eigenvalue weighted by Gasteiger charge is -2.08. The zero-order valence-corrected chi connectivity index (χ0v) is 9.18. The van der Waals surface area contributed by atoms with Gasteiger partial charge >= 0.3 is 0 Å². The minimum Gasteiger partial charge on any atom is -0.369 e. The van der Waals surface area contributed by atoms with Crippen LogP contribution in [0.4, 0.5) is 5.82 Å². The van der Waals surface area contributed by atoms with Crippen LogP contribution in [-0.2, 0) is 0 Å². The third-order valence-electron chi connectivity index (χ3n) is 1.47. The monoisotopic (exact) mass is 245 g/mol. The lowest BCUT2D eigenvalue weighted by Crippen LogP contribution is -2.15. The van der Waals surface area contributed by atoms with E-state index in [1.165, 1.54) is 6.33 Å². The molecule has 0 amide bonds. The molecule has 0 radical (unpaired) electrons. The minimum absolute atomic E-state index is 0.166. The van der Waals surface area contributed by atoms with Gasteiger partial charge in [-0.15, -0.1) is 0 Å². The normalized spacial score (nSPS) is 10.5. The molecule has 4 nitrogen and oxygen atoms in total. The molecule has 1 aromatic rings. The van der Waals surface area contributed by atoms with E-state index in [2.05, 4.69) is 45.1 Å². The smallest absolute Gasteiger partial charge is 0.267 e. The first-order valence-corrected chi connectivity index (χ1v) is 4.87. The number of halogens is 1. The number of nitrogens with one attached hydrogen (secondary N) is 2. The third kappa shape index (κ3) is 2.84. The molecule has 13 heavy (non-hydrogen) atoms. The van der Waals surface area contributed by atoms with Crippen LogP contribution in [0.15, 0.2) is 15.6 Å². The van der Waals surface area contributed by atoms with Gasteiger partial charge in [0.15, 0.2) is 0 Å². The summed E-state index contributed by atoms with van der Waals surface area (Å²) < 4.78 is 0.454. The van der Waals surface area contributed by atoms with Crippen LogP contribution in [0.25, 0.3) is 0 Å². The molecule has 0 aliphatic heterocycles. The molecule has 0 aromatic carbocycles. The lowest BCUT2D eigenvalue weighted by molar-refractivity contribution is 0.686. The molecule has 0 aliphatic rings. The van der Waals surface area contributed by atoms with Gasteiger partial charge in [-0.1, -0.05) is 13.8 Å². The Labute approximate surface area is 84.9 Å². The molecule has 0 spiro atoms. The van der Waals surface area contributed by atoms with Gasteiger partial charge in [0, 0.05) is 6.54 Å². The average molecular weight is 246 g/mol. The highest BCUT2D eigenvalue weighted by Gasteiger charge is 2.04. The summed E-state index contributed by atoms with van der Waals surface area (Å²) in [5, 5.41) is 3.08. The first kappa shape index (κ1) is 10.2. The number of aromatic amines is 1. The number of aromatic nitrogens is 2. The van der Waals surface area contributed by atoms with Crippen LogP contribution in [0.3, 0.4) is 0 Å². The third-order valence-corrected chi connectivity index (χ3v) is 2.21. The van der Waals surface area contributed by atoms with Crippen LogP contribution >= 0.6 is 15.9 Å². The van der Waals surface area contributed by atoms with Gasteiger partial charge in [0.25, 0.3) is 5.56 Å². The molecule has 0 saturated carbocycles. The maximum Gasteiger partial charge on any atom is 0.267 e. The highest BCUT2D eigenvalue weighted by molar-refractivity contribution is 9.10. The maximum absolute atomic E-state index is 11.1. The van der Waals surface area contributed by atoms with Gasteiger partial charge in [-0.3, -0.25) is 4.79 Å². The molecular formula is C8H12BrN3O. The fraction of sp³-hybridized carbons (Fsp3) is 0.500. The Morgan fingerprint density at radius 2 is 2.38 bits per heavy atom. The van der Waals surface area contributed by atoms with Gasteiger partial charge in [-0.25, -0.2) is 4.98 Å². The fourth-order valence-electron chi connectivity index (χ4n) is 0.807. The lowest BCUT2D eigenvalue weighted by atomic mass is 10.2. The Morgan fingerprint density at radius 3 is 3.00 bits per heavy atom. The van der Waals surface area contributed by atoms with Gasteiger partial charge in [0.2, 0.25) is 0 Å². The van der Waals surface area contributed by atoms with E-state index in [1.807, 2.05) is 0 Å². The Hall–Kier alpha value is -0.840. The summed E-state index contributed by atoms with van der Waals surface area (Å²) in [6.07, 6.45) is 1.38. The van der Waals surface area contributed by atoms with Crippen molar-refractivity contribution in [2.75, 3.05) is 11.9 Å². The number of nitrogens with zero attached hydrogens (tertiary/aromatic N) is 1. The molecule has 0 fully saturated rings. The van der Waals surface area contributed by atoms with Crippen LogP contribution in [0.5, 0.6) is 0 Å². The molecule has 1 aromatic heterocycles. The number of anilines is 1. The molecule has 0 aliphatic carbocycles. The van der Waals surface area contributed by atoms with Crippen LogP contribution in [-0.4, -0.2) is 16.5 Å². The fourth-order valence-corrected chi connectivity index (χ4v) is 1.16. The first-order valence-electron chi connectivity index (χ1n) is 4.08. The minimum atomic E-state index is -0.166. The topological polar surface area (TPSA) is 57.8 Å². The first-order chi connectivity index (χ1) is 6.11. The number of H-pyrrole nitrogens is 1. The Kier molecular flexibility index (Phi) is 3.48. The predicted molar refractivity (Wildman–Crippen MR) is 55.9 cm³/mol. The van der Waals surface area contributed by atoms with E-state index in [9.17, 15) is 4.79 Å². The number of hydrogen-bond donors (Lipinski definition) is 2. The highest BCUT2D eigenvalue weighted by atomic mass is 79.9. The SMILES string of the molecule is CC(C)CNc1nc[nH]c(=O)c1Br. The van der Waals surface area contributed by atoms with Crippen molar-refractivity contribution in [3.63, 3.8) is 0 Å². The van der Waals surface area contributed by atoms with Crippen molar-refractivity contribution < 1.29 is 0 Å². The van der Waals surface area contributed by atoms with E-state index >= 15 is 0 Å². The van der Waals surface area contributed by atoms with Crippen molar-refractivity contribution >= 4 is 21.7 Å². The van der Waals surface area contributed by atoms with E-state index in [0.717, 1.165) is 6.54 Å². The second-order valence-corrected chi connectivity index (χ2v) is 3.96. The largest absolute Gasteiger partial charge is 0.369 e. The molecule has 0 saturated heterocycles.